The number of hydrogen-bond acceptors (Lipinski definition) is 3. The Morgan fingerprint density at radius 3 is 2.34 bits per heavy atom. The van der Waals surface area contributed by atoms with Crippen molar-refractivity contribution in [2.24, 2.45) is 0 Å². The third-order valence-electron chi connectivity index (χ3n) is 4.98. The van der Waals surface area contributed by atoms with Crippen molar-refractivity contribution < 1.29 is 9.18 Å². The molecule has 0 spiro atoms. The molecule has 5 nitrogen and oxygen atoms in total. The van der Waals surface area contributed by atoms with E-state index < -0.39 is 0 Å². The highest BCUT2D eigenvalue weighted by Crippen LogP contribution is 2.18. The van der Waals surface area contributed by atoms with Crippen LogP contribution in [0, 0.1) is 5.82 Å². The average Bonchev–Trinajstić information content (AvgIpc) is 2.80. The van der Waals surface area contributed by atoms with Gasteiger partial charge in [0.05, 0.1) is 11.6 Å². The van der Waals surface area contributed by atoms with Crippen LogP contribution in [0.4, 0.5) is 15.8 Å². The number of aromatic nitrogens is 1. The Kier molecular flexibility index (Phi) is 6.37. The average molecular weight is 445 g/mol. The van der Waals surface area contributed by atoms with Gasteiger partial charge in [0, 0.05) is 28.5 Å². The van der Waals surface area contributed by atoms with E-state index in [4.69, 9.17) is 12.2 Å². The van der Waals surface area contributed by atoms with E-state index in [1.165, 1.54) is 12.1 Å². The molecule has 4 rings (SSSR count). The molecular weight excluding hydrogens is 423 g/mol. The van der Waals surface area contributed by atoms with Gasteiger partial charge in [0.15, 0.2) is 5.11 Å². The number of anilines is 2. The van der Waals surface area contributed by atoms with Crippen molar-refractivity contribution in [3.8, 4) is 0 Å². The van der Waals surface area contributed by atoms with E-state index in [1.807, 2.05) is 43.3 Å². The fraction of sp³-hybridized carbons (Fsp3) is 0.0800. The van der Waals surface area contributed by atoms with Crippen LogP contribution in [0.2, 0.25) is 0 Å². The lowest BCUT2D eigenvalue weighted by atomic mass is 10.1. The molecule has 1 aromatic heterocycles. The number of carbonyl (C=O) groups excluding carboxylic acids is 1. The summed E-state index contributed by atoms with van der Waals surface area (Å²) < 4.78 is 13.1. The van der Waals surface area contributed by atoms with Crippen LogP contribution in [-0.4, -0.2) is 16.0 Å². The lowest BCUT2D eigenvalue weighted by molar-refractivity contribution is 0.102. The van der Waals surface area contributed by atoms with Gasteiger partial charge >= 0.3 is 0 Å². The number of carbonyl (C=O) groups is 1. The van der Waals surface area contributed by atoms with Crippen molar-refractivity contribution in [3.63, 3.8) is 0 Å². The lowest BCUT2D eigenvalue weighted by Crippen LogP contribution is -2.30. The van der Waals surface area contributed by atoms with E-state index in [2.05, 4.69) is 20.9 Å². The molecule has 1 atom stereocenters. The molecule has 0 fully saturated rings. The van der Waals surface area contributed by atoms with E-state index in [-0.39, 0.29) is 17.8 Å². The molecule has 32 heavy (non-hydrogen) atoms. The summed E-state index contributed by atoms with van der Waals surface area (Å²) in [7, 11) is 0. The van der Waals surface area contributed by atoms with Crippen molar-refractivity contribution in [2.75, 3.05) is 10.6 Å². The van der Waals surface area contributed by atoms with Crippen LogP contribution in [0.3, 0.4) is 0 Å². The summed E-state index contributed by atoms with van der Waals surface area (Å²) in [5.74, 6) is -0.465. The van der Waals surface area contributed by atoms with Gasteiger partial charge < -0.3 is 16.0 Å². The van der Waals surface area contributed by atoms with Crippen molar-refractivity contribution in [2.45, 2.75) is 13.0 Å². The van der Waals surface area contributed by atoms with Gasteiger partial charge in [-0.05, 0) is 85.4 Å². The van der Waals surface area contributed by atoms with Crippen LogP contribution >= 0.6 is 12.2 Å². The summed E-state index contributed by atoms with van der Waals surface area (Å²) in [6.45, 7) is 1.95. The topological polar surface area (TPSA) is 66.0 Å². The molecule has 1 unspecified atom stereocenters. The van der Waals surface area contributed by atoms with Crippen LogP contribution in [-0.2, 0) is 0 Å². The van der Waals surface area contributed by atoms with Crippen LogP contribution in [0.25, 0.3) is 10.9 Å². The number of halogens is 1. The second-order valence-electron chi connectivity index (χ2n) is 7.31. The van der Waals surface area contributed by atoms with Crippen LogP contribution in [0.5, 0.6) is 0 Å². The SMILES string of the molecule is CC(NC(=S)Nc1ccc(NC(=O)c2ccc3ncccc3c2)cc1)c1ccc(F)cc1. The van der Waals surface area contributed by atoms with Gasteiger partial charge in [-0.2, -0.15) is 0 Å². The molecule has 0 aliphatic rings. The van der Waals surface area contributed by atoms with Gasteiger partial charge in [-0.3, -0.25) is 9.78 Å². The first kappa shape index (κ1) is 21.4. The van der Waals surface area contributed by atoms with Gasteiger partial charge in [0.25, 0.3) is 5.91 Å². The van der Waals surface area contributed by atoms with Crippen molar-refractivity contribution in [1.82, 2.24) is 10.3 Å². The Labute approximate surface area is 190 Å². The Hall–Kier alpha value is -3.84. The number of nitrogens with one attached hydrogen (secondary N) is 3. The fourth-order valence-corrected chi connectivity index (χ4v) is 3.55. The predicted molar refractivity (Wildman–Crippen MR) is 130 cm³/mol. The number of benzene rings is 3. The smallest absolute Gasteiger partial charge is 0.255 e. The maximum atomic E-state index is 13.1. The van der Waals surface area contributed by atoms with Crippen LogP contribution < -0.4 is 16.0 Å². The molecule has 4 aromatic rings. The minimum atomic E-state index is -0.272. The third-order valence-corrected chi connectivity index (χ3v) is 5.20. The van der Waals surface area contributed by atoms with Gasteiger partial charge in [0.1, 0.15) is 5.82 Å². The molecule has 3 aromatic carbocycles. The third kappa shape index (κ3) is 5.25. The number of rotatable bonds is 5. The van der Waals surface area contributed by atoms with Crippen molar-refractivity contribution >= 4 is 45.5 Å². The first-order valence-electron chi connectivity index (χ1n) is 10.1. The monoisotopic (exact) mass is 444 g/mol. The second-order valence-corrected chi connectivity index (χ2v) is 7.72. The van der Waals surface area contributed by atoms with Gasteiger partial charge in [-0.15, -0.1) is 0 Å². The Morgan fingerprint density at radius 1 is 0.938 bits per heavy atom. The highest BCUT2D eigenvalue weighted by atomic mass is 32.1. The summed E-state index contributed by atoms with van der Waals surface area (Å²) in [4.78, 5) is 16.9. The zero-order chi connectivity index (χ0) is 22.5. The summed E-state index contributed by atoms with van der Waals surface area (Å²) in [5.41, 5.74) is 3.79. The van der Waals surface area contributed by atoms with Gasteiger partial charge in [0.2, 0.25) is 0 Å². The molecule has 0 aliphatic carbocycles. The van der Waals surface area contributed by atoms with Crippen molar-refractivity contribution in [1.29, 1.82) is 0 Å². The number of thiocarbonyl (C=S) groups is 1. The minimum absolute atomic E-state index is 0.0775. The zero-order valence-corrected chi connectivity index (χ0v) is 18.1. The summed E-state index contributed by atoms with van der Waals surface area (Å²) in [6.07, 6.45) is 1.72. The number of pyridine rings is 1. The van der Waals surface area contributed by atoms with Crippen molar-refractivity contribution in [3.05, 3.63) is 102 Å². The van der Waals surface area contributed by atoms with Crippen LogP contribution in [0.15, 0.2) is 85.1 Å². The van der Waals surface area contributed by atoms with Gasteiger partial charge in [-0.1, -0.05) is 18.2 Å². The standard InChI is InChI=1S/C25H21FN4OS/c1-16(17-4-7-20(26)8-5-17)28-25(32)30-22-11-9-21(10-12-22)29-24(31)19-6-13-23-18(15-19)3-2-14-27-23/h2-16H,1H3,(H,29,31)(H2,28,30,32). The van der Waals surface area contributed by atoms with E-state index in [0.717, 1.165) is 22.2 Å². The molecule has 0 bridgehead atoms. The molecule has 0 saturated carbocycles. The predicted octanol–water partition coefficient (Wildman–Crippen LogP) is 5.67. The highest BCUT2D eigenvalue weighted by molar-refractivity contribution is 7.80. The molecule has 0 saturated heterocycles. The normalized spacial score (nSPS) is 11.6. The number of nitrogens with zero attached hydrogens (tertiary/aromatic N) is 1. The molecule has 1 amide bonds. The highest BCUT2D eigenvalue weighted by Gasteiger charge is 2.09. The van der Waals surface area contributed by atoms with Gasteiger partial charge in [-0.25, -0.2) is 4.39 Å². The number of fused-ring (bicyclic) bond motifs is 1. The maximum Gasteiger partial charge on any atom is 0.255 e. The largest absolute Gasteiger partial charge is 0.356 e. The van der Waals surface area contributed by atoms with E-state index in [1.54, 1.807) is 36.5 Å². The maximum absolute atomic E-state index is 13.1. The quantitative estimate of drug-likeness (QED) is 0.346. The van der Waals surface area contributed by atoms with E-state index >= 15 is 0 Å². The second kappa shape index (κ2) is 9.53. The minimum Gasteiger partial charge on any atom is -0.356 e. The lowest BCUT2D eigenvalue weighted by Gasteiger charge is -2.17. The zero-order valence-electron chi connectivity index (χ0n) is 17.3. The first-order valence-corrected chi connectivity index (χ1v) is 10.5. The van der Waals surface area contributed by atoms with Crippen LogP contribution in [0.1, 0.15) is 28.9 Å². The number of hydrogen-bond donors (Lipinski definition) is 3. The Bertz CT molecular complexity index is 1260. The first-order chi connectivity index (χ1) is 15.5. The Morgan fingerprint density at radius 2 is 1.62 bits per heavy atom. The van der Waals surface area contributed by atoms with E-state index in [0.29, 0.717) is 16.4 Å². The molecule has 7 heteroatoms. The fourth-order valence-electron chi connectivity index (χ4n) is 3.26. The Balaban J connectivity index is 1.34. The summed E-state index contributed by atoms with van der Waals surface area (Å²) in [6, 6.07) is 22.6. The molecular formula is C25H21FN4OS. The molecule has 160 valence electrons. The summed E-state index contributed by atoms with van der Waals surface area (Å²) >= 11 is 5.37. The molecule has 0 radical (unpaired) electrons. The molecule has 1 heterocycles. The summed E-state index contributed by atoms with van der Waals surface area (Å²) in [5, 5.41) is 10.5. The van der Waals surface area contributed by atoms with E-state index in [9.17, 15) is 9.18 Å². The molecule has 0 aliphatic heterocycles. The molecule has 3 N–H and O–H groups in total. The number of amides is 1.